The highest BCUT2D eigenvalue weighted by atomic mass is 16.5. The maximum atomic E-state index is 12.9. The zero-order valence-electron chi connectivity index (χ0n) is 12.7. The molecule has 116 valence electrons. The molecule has 0 radical (unpaired) electrons. The topological polar surface area (TPSA) is 55.3 Å². The van der Waals surface area contributed by atoms with Gasteiger partial charge in [-0.1, -0.05) is 18.2 Å². The summed E-state index contributed by atoms with van der Waals surface area (Å²) >= 11 is 0. The van der Waals surface area contributed by atoms with Gasteiger partial charge in [0, 0.05) is 18.3 Å². The zero-order valence-corrected chi connectivity index (χ0v) is 12.7. The predicted molar refractivity (Wildman–Crippen MR) is 85.6 cm³/mol. The Morgan fingerprint density at radius 2 is 2.17 bits per heavy atom. The molecule has 4 rings (SSSR count). The molecule has 1 aromatic carbocycles. The highest BCUT2D eigenvalue weighted by Gasteiger charge is 2.33. The van der Waals surface area contributed by atoms with Crippen molar-refractivity contribution in [3.63, 3.8) is 0 Å². The highest BCUT2D eigenvalue weighted by Crippen LogP contribution is 2.33. The van der Waals surface area contributed by atoms with E-state index in [0.29, 0.717) is 12.2 Å². The molecular weight excluding hydrogens is 290 g/mol. The van der Waals surface area contributed by atoms with Crippen LogP contribution in [0.15, 0.2) is 48.4 Å². The van der Waals surface area contributed by atoms with Crippen molar-refractivity contribution in [3.05, 3.63) is 59.7 Å². The summed E-state index contributed by atoms with van der Waals surface area (Å²) in [6, 6.07) is 9.69. The van der Waals surface area contributed by atoms with E-state index in [1.54, 1.807) is 6.20 Å². The molecule has 2 aliphatic heterocycles. The van der Waals surface area contributed by atoms with Crippen LogP contribution in [0.3, 0.4) is 0 Å². The molecule has 1 aromatic heterocycles. The summed E-state index contributed by atoms with van der Waals surface area (Å²) in [6.45, 7) is 1.08. The zero-order chi connectivity index (χ0) is 15.6. The summed E-state index contributed by atoms with van der Waals surface area (Å²) in [4.78, 5) is 23.1. The van der Waals surface area contributed by atoms with Crippen molar-refractivity contribution >= 4 is 12.0 Å². The highest BCUT2D eigenvalue weighted by molar-refractivity contribution is 5.99. The summed E-state index contributed by atoms with van der Waals surface area (Å²) in [5, 5.41) is 0. The van der Waals surface area contributed by atoms with Crippen molar-refractivity contribution in [2.24, 2.45) is 0 Å². The fourth-order valence-electron chi connectivity index (χ4n) is 3.24. The summed E-state index contributed by atoms with van der Waals surface area (Å²) in [7, 11) is 0. The molecule has 0 saturated carbocycles. The van der Waals surface area contributed by atoms with Crippen LogP contribution in [0.2, 0.25) is 0 Å². The first-order valence-electron chi connectivity index (χ1n) is 7.82. The number of benzene rings is 1. The molecule has 0 aliphatic carbocycles. The normalized spacial score (nSPS) is 19.7. The molecule has 1 fully saturated rings. The van der Waals surface area contributed by atoms with Crippen LogP contribution in [0.25, 0.3) is 6.08 Å². The lowest BCUT2D eigenvalue weighted by molar-refractivity contribution is -0.128. The number of aromatic nitrogens is 2. The largest absolute Gasteiger partial charge is 0.488 e. The number of para-hydroxylation sites is 1. The van der Waals surface area contributed by atoms with Crippen LogP contribution in [0.4, 0.5) is 0 Å². The van der Waals surface area contributed by atoms with Gasteiger partial charge in [-0.2, -0.15) is 0 Å². The van der Waals surface area contributed by atoms with Gasteiger partial charge in [0.1, 0.15) is 18.7 Å². The molecule has 5 nitrogen and oxygen atoms in total. The molecule has 0 bridgehead atoms. The second-order valence-electron chi connectivity index (χ2n) is 5.79. The van der Waals surface area contributed by atoms with Crippen LogP contribution in [-0.2, 0) is 4.79 Å². The molecule has 0 spiro atoms. The first-order valence-corrected chi connectivity index (χ1v) is 7.82. The Labute approximate surface area is 134 Å². The van der Waals surface area contributed by atoms with Crippen LogP contribution in [0.5, 0.6) is 5.75 Å². The molecule has 1 saturated heterocycles. The van der Waals surface area contributed by atoms with Gasteiger partial charge >= 0.3 is 0 Å². The first-order chi connectivity index (χ1) is 11.3. The maximum absolute atomic E-state index is 12.9. The molecule has 2 aliphatic rings. The Kier molecular flexibility index (Phi) is 3.54. The summed E-state index contributed by atoms with van der Waals surface area (Å²) in [5.41, 5.74) is 2.56. The van der Waals surface area contributed by atoms with Gasteiger partial charge in [-0.15, -0.1) is 0 Å². The fourth-order valence-corrected chi connectivity index (χ4v) is 3.24. The van der Waals surface area contributed by atoms with Gasteiger partial charge < -0.3 is 9.64 Å². The van der Waals surface area contributed by atoms with Crippen molar-refractivity contribution in [1.29, 1.82) is 0 Å². The van der Waals surface area contributed by atoms with Crippen LogP contribution in [0, 0.1) is 0 Å². The Morgan fingerprint density at radius 3 is 3.04 bits per heavy atom. The molecule has 2 aromatic rings. The standard InChI is InChI=1S/C18H17N3O2/c22-18(14-10-13-4-1-2-6-17(13)23-11-14)21-9-3-5-16(21)15-7-8-19-12-20-15/h1-2,4,6-8,10,12,16H,3,5,9,11H2/t16-/m0/s1. The van der Waals surface area contributed by atoms with Gasteiger partial charge in [-0.25, -0.2) is 9.97 Å². The quantitative estimate of drug-likeness (QED) is 0.856. The van der Waals surface area contributed by atoms with Crippen molar-refractivity contribution in [2.75, 3.05) is 13.2 Å². The van der Waals surface area contributed by atoms with E-state index in [9.17, 15) is 4.79 Å². The monoisotopic (exact) mass is 307 g/mol. The van der Waals surface area contributed by atoms with E-state index < -0.39 is 0 Å². The van der Waals surface area contributed by atoms with Crippen LogP contribution in [0.1, 0.15) is 30.1 Å². The number of fused-ring (bicyclic) bond motifs is 1. The number of likely N-dealkylation sites (tertiary alicyclic amines) is 1. The van der Waals surface area contributed by atoms with E-state index in [-0.39, 0.29) is 11.9 Å². The molecular formula is C18H17N3O2. The SMILES string of the molecule is O=C(C1=Cc2ccccc2OC1)N1CCC[C@H]1c1ccncn1. The Morgan fingerprint density at radius 1 is 1.26 bits per heavy atom. The molecule has 3 heterocycles. The van der Waals surface area contributed by atoms with Crippen molar-refractivity contribution < 1.29 is 9.53 Å². The number of hydrogen-bond acceptors (Lipinski definition) is 4. The summed E-state index contributed by atoms with van der Waals surface area (Å²) in [5.74, 6) is 0.874. The Bertz CT molecular complexity index is 758. The van der Waals surface area contributed by atoms with Gasteiger partial charge in [-0.3, -0.25) is 4.79 Å². The van der Waals surface area contributed by atoms with E-state index in [1.165, 1.54) is 6.33 Å². The number of ether oxygens (including phenoxy) is 1. The number of carbonyl (C=O) groups excluding carboxylic acids is 1. The van der Waals surface area contributed by atoms with E-state index in [2.05, 4.69) is 9.97 Å². The van der Waals surface area contributed by atoms with Gasteiger partial charge in [-0.05, 0) is 31.1 Å². The third-order valence-corrected chi connectivity index (χ3v) is 4.37. The van der Waals surface area contributed by atoms with Crippen molar-refractivity contribution in [2.45, 2.75) is 18.9 Å². The van der Waals surface area contributed by atoms with Gasteiger partial charge in [0.05, 0.1) is 17.3 Å². The second kappa shape index (κ2) is 5.83. The van der Waals surface area contributed by atoms with E-state index >= 15 is 0 Å². The van der Waals surface area contributed by atoms with Crippen LogP contribution >= 0.6 is 0 Å². The maximum Gasteiger partial charge on any atom is 0.253 e. The van der Waals surface area contributed by atoms with Gasteiger partial charge in [0.25, 0.3) is 5.91 Å². The van der Waals surface area contributed by atoms with Crippen LogP contribution in [-0.4, -0.2) is 33.9 Å². The minimum absolute atomic E-state index is 0.0311. The second-order valence-corrected chi connectivity index (χ2v) is 5.79. The third-order valence-electron chi connectivity index (χ3n) is 4.37. The minimum Gasteiger partial charge on any atom is -0.488 e. The van der Waals surface area contributed by atoms with Crippen molar-refractivity contribution in [3.8, 4) is 5.75 Å². The summed E-state index contributed by atoms with van der Waals surface area (Å²) < 4.78 is 5.72. The average Bonchev–Trinajstić information content (AvgIpc) is 3.11. The lowest BCUT2D eigenvalue weighted by atomic mass is 10.1. The average molecular weight is 307 g/mol. The van der Waals surface area contributed by atoms with E-state index in [4.69, 9.17) is 4.74 Å². The molecule has 23 heavy (non-hydrogen) atoms. The molecule has 5 heteroatoms. The Balaban J connectivity index is 1.61. The smallest absolute Gasteiger partial charge is 0.253 e. The van der Waals surface area contributed by atoms with Gasteiger partial charge in [0.2, 0.25) is 0 Å². The molecule has 1 atom stereocenters. The van der Waals surface area contributed by atoms with Crippen LogP contribution < -0.4 is 4.74 Å². The van der Waals surface area contributed by atoms with E-state index in [0.717, 1.165) is 36.4 Å². The Hall–Kier alpha value is -2.69. The van der Waals surface area contributed by atoms with Gasteiger partial charge in [0.15, 0.2) is 0 Å². The number of nitrogens with zero attached hydrogens (tertiary/aromatic N) is 3. The molecule has 1 amide bonds. The number of carbonyl (C=O) groups is 1. The number of hydrogen-bond donors (Lipinski definition) is 0. The summed E-state index contributed by atoms with van der Waals surface area (Å²) in [6.07, 6.45) is 7.13. The lowest BCUT2D eigenvalue weighted by Crippen LogP contribution is -2.34. The van der Waals surface area contributed by atoms with Crippen molar-refractivity contribution in [1.82, 2.24) is 14.9 Å². The molecule has 0 unspecified atom stereocenters. The van der Waals surface area contributed by atoms with E-state index in [1.807, 2.05) is 41.3 Å². The fraction of sp³-hybridized carbons (Fsp3) is 0.278. The predicted octanol–water partition coefficient (Wildman–Crippen LogP) is 2.62. The first kappa shape index (κ1) is 13.9. The molecule has 0 N–H and O–H groups in total. The lowest BCUT2D eigenvalue weighted by Gasteiger charge is -2.27. The minimum atomic E-state index is 0.0311. The third kappa shape index (κ3) is 2.59. The number of amides is 1. The number of rotatable bonds is 2.